The molecule has 1 saturated heterocycles. The average molecular weight is 204 g/mol. The second kappa shape index (κ2) is 4.77. The number of nitrogens with two attached hydrogens (primary N) is 1. The molecule has 1 heterocycles. The van der Waals surface area contributed by atoms with Crippen LogP contribution in [-0.2, 0) is 6.54 Å². The molecule has 0 bridgehead atoms. The van der Waals surface area contributed by atoms with Crippen LogP contribution in [0.4, 0.5) is 0 Å². The van der Waals surface area contributed by atoms with Crippen LogP contribution in [0.1, 0.15) is 17.5 Å². The topological polar surface area (TPSA) is 29.3 Å². The van der Waals surface area contributed by atoms with Gasteiger partial charge < -0.3 is 5.73 Å². The molecule has 15 heavy (non-hydrogen) atoms. The van der Waals surface area contributed by atoms with Crippen LogP contribution in [-0.4, -0.2) is 24.5 Å². The van der Waals surface area contributed by atoms with Crippen molar-refractivity contribution in [2.24, 2.45) is 11.7 Å². The first-order valence-electron chi connectivity index (χ1n) is 5.76. The van der Waals surface area contributed by atoms with Crippen molar-refractivity contribution in [3.63, 3.8) is 0 Å². The third-order valence-corrected chi connectivity index (χ3v) is 3.36. The highest BCUT2D eigenvalue weighted by atomic mass is 15.1. The van der Waals surface area contributed by atoms with Crippen LogP contribution in [0.2, 0.25) is 0 Å². The van der Waals surface area contributed by atoms with Gasteiger partial charge in [0.2, 0.25) is 0 Å². The zero-order valence-corrected chi connectivity index (χ0v) is 9.45. The molecule has 1 fully saturated rings. The van der Waals surface area contributed by atoms with E-state index in [9.17, 15) is 0 Å². The molecule has 2 N–H and O–H groups in total. The first kappa shape index (κ1) is 10.7. The Morgan fingerprint density at radius 1 is 1.40 bits per heavy atom. The summed E-state index contributed by atoms with van der Waals surface area (Å²) in [6.07, 6.45) is 1.27. The first-order valence-corrected chi connectivity index (χ1v) is 5.76. The Balaban J connectivity index is 1.96. The molecule has 0 aromatic heterocycles. The Morgan fingerprint density at radius 2 is 2.20 bits per heavy atom. The number of aryl methyl sites for hydroxylation is 1. The zero-order chi connectivity index (χ0) is 10.7. The van der Waals surface area contributed by atoms with Crippen LogP contribution in [0, 0.1) is 12.8 Å². The molecule has 2 heteroatoms. The van der Waals surface area contributed by atoms with Crippen molar-refractivity contribution in [2.45, 2.75) is 19.9 Å². The Labute approximate surface area is 92.1 Å². The fourth-order valence-corrected chi connectivity index (χ4v) is 2.28. The summed E-state index contributed by atoms with van der Waals surface area (Å²) in [6.45, 7) is 6.49. The van der Waals surface area contributed by atoms with Crippen LogP contribution in [0.5, 0.6) is 0 Å². The molecular formula is C13H20N2. The maximum atomic E-state index is 5.69. The predicted octanol–water partition coefficient (Wildman–Crippen LogP) is 1.78. The monoisotopic (exact) mass is 204 g/mol. The van der Waals surface area contributed by atoms with E-state index in [1.54, 1.807) is 0 Å². The molecule has 0 saturated carbocycles. The van der Waals surface area contributed by atoms with Crippen molar-refractivity contribution in [1.29, 1.82) is 0 Å². The van der Waals surface area contributed by atoms with E-state index >= 15 is 0 Å². The van der Waals surface area contributed by atoms with E-state index in [1.165, 1.54) is 30.6 Å². The smallest absolute Gasteiger partial charge is 0.0236 e. The van der Waals surface area contributed by atoms with Gasteiger partial charge in [-0.05, 0) is 43.5 Å². The fraction of sp³-hybridized carbons (Fsp3) is 0.538. The molecular weight excluding hydrogens is 184 g/mol. The van der Waals surface area contributed by atoms with Crippen molar-refractivity contribution in [3.8, 4) is 0 Å². The zero-order valence-electron chi connectivity index (χ0n) is 9.45. The van der Waals surface area contributed by atoms with Crippen molar-refractivity contribution in [3.05, 3.63) is 35.4 Å². The van der Waals surface area contributed by atoms with Gasteiger partial charge >= 0.3 is 0 Å². The van der Waals surface area contributed by atoms with E-state index in [1.807, 2.05) is 0 Å². The SMILES string of the molecule is Cc1ccccc1CN1CCC(CN)C1. The molecule has 1 aliphatic rings. The molecule has 2 rings (SSSR count). The second-order valence-corrected chi connectivity index (χ2v) is 4.55. The van der Waals surface area contributed by atoms with Crippen LogP contribution >= 0.6 is 0 Å². The van der Waals surface area contributed by atoms with Gasteiger partial charge in [-0.1, -0.05) is 24.3 Å². The van der Waals surface area contributed by atoms with Crippen LogP contribution in [0.3, 0.4) is 0 Å². The van der Waals surface area contributed by atoms with E-state index in [4.69, 9.17) is 5.73 Å². The molecule has 1 aromatic rings. The van der Waals surface area contributed by atoms with Gasteiger partial charge in [0.25, 0.3) is 0 Å². The maximum absolute atomic E-state index is 5.69. The van der Waals surface area contributed by atoms with Gasteiger partial charge in [0.05, 0.1) is 0 Å². The van der Waals surface area contributed by atoms with Crippen molar-refractivity contribution >= 4 is 0 Å². The quantitative estimate of drug-likeness (QED) is 0.813. The Kier molecular flexibility index (Phi) is 3.39. The van der Waals surface area contributed by atoms with Gasteiger partial charge in [-0.2, -0.15) is 0 Å². The number of nitrogens with zero attached hydrogens (tertiary/aromatic N) is 1. The highest BCUT2D eigenvalue weighted by Crippen LogP contribution is 2.18. The molecule has 2 nitrogen and oxygen atoms in total. The molecule has 0 aliphatic carbocycles. The summed E-state index contributed by atoms with van der Waals surface area (Å²) in [5.41, 5.74) is 8.54. The summed E-state index contributed by atoms with van der Waals surface area (Å²) < 4.78 is 0. The molecule has 82 valence electrons. The van der Waals surface area contributed by atoms with Gasteiger partial charge in [0, 0.05) is 13.1 Å². The molecule has 1 unspecified atom stereocenters. The predicted molar refractivity (Wildman–Crippen MR) is 63.6 cm³/mol. The number of benzene rings is 1. The molecule has 0 radical (unpaired) electrons. The van der Waals surface area contributed by atoms with Crippen molar-refractivity contribution < 1.29 is 0 Å². The lowest BCUT2D eigenvalue weighted by atomic mass is 10.1. The summed E-state index contributed by atoms with van der Waals surface area (Å²) in [6, 6.07) is 8.64. The highest BCUT2D eigenvalue weighted by molar-refractivity contribution is 5.25. The first-order chi connectivity index (χ1) is 7.29. The van der Waals surface area contributed by atoms with Crippen LogP contribution < -0.4 is 5.73 Å². The van der Waals surface area contributed by atoms with E-state index in [0.717, 1.165) is 13.1 Å². The maximum Gasteiger partial charge on any atom is 0.0236 e. The number of likely N-dealkylation sites (tertiary alicyclic amines) is 1. The van der Waals surface area contributed by atoms with Crippen molar-refractivity contribution in [1.82, 2.24) is 4.90 Å². The summed E-state index contributed by atoms with van der Waals surface area (Å²) >= 11 is 0. The standard InChI is InChI=1S/C13H20N2/c1-11-4-2-3-5-13(11)10-15-7-6-12(8-14)9-15/h2-5,12H,6-10,14H2,1H3. The fourth-order valence-electron chi connectivity index (χ4n) is 2.28. The lowest BCUT2D eigenvalue weighted by Crippen LogP contribution is -2.23. The summed E-state index contributed by atoms with van der Waals surface area (Å²) in [4.78, 5) is 2.51. The summed E-state index contributed by atoms with van der Waals surface area (Å²) in [5.74, 6) is 0.717. The van der Waals surface area contributed by atoms with Gasteiger partial charge in [-0.15, -0.1) is 0 Å². The van der Waals surface area contributed by atoms with Crippen LogP contribution in [0.25, 0.3) is 0 Å². The van der Waals surface area contributed by atoms with E-state index in [2.05, 4.69) is 36.1 Å². The number of hydrogen-bond donors (Lipinski definition) is 1. The molecule has 1 aliphatic heterocycles. The van der Waals surface area contributed by atoms with E-state index in [0.29, 0.717) is 5.92 Å². The lowest BCUT2D eigenvalue weighted by molar-refractivity contribution is 0.317. The normalized spacial score (nSPS) is 22.1. The minimum atomic E-state index is 0.717. The minimum absolute atomic E-state index is 0.717. The number of rotatable bonds is 3. The van der Waals surface area contributed by atoms with Gasteiger partial charge in [0.1, 0.15) is 0 Å². The molecule has 0 amide bonds. The third-order valence-electron chi connectivity index (χ3n) is 3.36. The van der Waals surface area contributed by atoms with Crippen LogP contribution in [0.15, 0.2) is 24.3 Å². The van der Waals surface area contributed by atoms with Crippen molar-refractivity contribution in [2.75, 3.05) is 19.6 Å². The van der Waals surface area contributed by atoms with Gasteiger partial charge in [0.15, 0.2) is 0 Å². The Bertz CT molecular complexity index is 322. The number of hydrogen-bond acceptors (Lipinski definition) is 2. The highest BCUT2D eigenvalue weighted by Gasteiger charge is 2.21. The largest absolute Gasteiger partial charge is 0.330 e. The minimum Gasteiger partial charge on any atom is -0.330 e. The lowest BCUT2D eigenvalue weighted by Gasteiger charge is -2.17. The van der Waals surface area contributed by atoms with Gasteiger partial charge in [-0.3, -0.25) is 4.90 Å². The average Bonchev–Trinajstić information content (AvgIpc) is 2.69. The molecule has 0 spiro atoms. The Hall–Kier alpha value is -0.860. The third kappa shape index (κ3) is 2.58. The van der Waals surface area contributed by atoms with Gasteiger partial charge in [-0.25, -0.2) is 0 Å². The molecule has 1 aromatic carbocycles. The summed E-state index contributed by atoms with van der Waals surface area (Å²) in [5, 5.41) is 0. The molecule has 1 atom stereocenters. The summed E-state index contributed by atoms with van der Waals surface area (Å²) in [7, 11) is 0. The second-order valence-electron chi connectivity index (χ2n) is 4.55. The van der Waals surface area contributed by atoms with E-state index in [-0.39, 0.29) is 0 Å². The Morgan fingerprint density at radius 3 is 2.87 bits per heavy atom. The van der Waals surface area contributed by atoms with E-state index < -0.39 is 0 Å².